The number of ether oxygens (including phenoxy) is 2. The zero-order valence-electron chi connectivity index (χ0n) is 25.0. The summed E-state index contributed by atoms with van der Waals surface area (Å²) in [6.07, 6.45) is 2.18. The van der Waals surface area contributed by atoms with Crippen LogP contribution in [0.2, 0.25) is 0 Å². The smallest absolute Gasteiger partial charge is 0.221 e. The molecule has 10 nitrogen and oxygen atoms in total. The van der Waals surface area contributed by atoms with Crippen LogP contribution in [0.5, 0.6) is 11.8 Å². The van der Waals surface area contributed by atoms with Crippen molar-refractivity contribution in [3.63, 3.8) is 0 Å². The Hall–Kier alpha value is -3.82. The van der Waals surface area contributed by atoms with Gasteiger partial charge in [0.1, 0.15) is 24.4 Å². The molecule has 6 atom stereocenters. The molecule has 2 aromatic heterocycles. The fourth-order valence-corrected chi connectivity index (χ4v) is 7.80. The third kappa shape index (κ3) is 4.86. The van der Waals surface area contributed by atoms with Crippen LogP contribution in [0.4, 0.5) is 14.5 Å². The molecule has 4 heterocycles. The first-order chi connectivity index (χ1) is 21.3. The quantitative estimate of drug-likeness (QED) is 0.396. The summed E-state index contributed by atoms with van der Waals surface area (Å²) < 4.78 is 47.1. The Morgan fingerprint density at radius 1 is 1.18 bits per heavy atom. The van der Waals surface area contributed by atoms with Gasteiger partial charge < -0.3 is 25.0 Å². The number of benzene rings is 1. The molecule has 4 aliphatic rings. The van der Waals surface area contributed by atoms with E-state index in [0.29, 0.717) is 42.9 Å². The predicted molar refractivity (Wildman–Crippen MR) is 158 cm³/mol. The second-order valence-corrected chi connectivity index (χ2v) is 12.7. The van der Waals surface area contributed by atoms with E-state index in [2.05, 4.69) is 21.5 Å². The summed E-state index contributed by atoms with van der Waals surface area (Å²) in [4.78, 5) is 11.3. The van der Waals surface area contributed by atoms with Crippen molar-refractivity contribution in [2.45, 2.75) is 87.9 Å². The summed E-state index contributed by atoms with van der Waals surface area (Å²) in [5.41, 5.74) is 10.2. The third-order valence-corrected chi connectivity index (χ3v) is 9.87. The average molecular weight is 606 g/mol. The molecule has 2 aliphatic carbocycles. The fourth-order valence-electron chi connectivity index (χ4n) is 7.80. The Balaban J connectivity index is 1.29. The van der Waals surface area contributed by atoms with E-state index in [0.717, 1.165) is 54.6 Å². The van der Waals surface area contributed by atoms with Crippen molar-refractivity contribution in [3.8, 4) is 29.3 Å². The maximum absolute atomic E-state index is 14.5. The first-order valence-corrected chi connectivity index (χ1v) is 15.5. The number of aromatic nitrogens is 3. The van der Waals surface area contributed by atoms with E-state index in [-0.39, 0.29) is 36.3 Å². The summed E-state index contributed by atoms with van der Waals surface area (Å²) in [6, 6.07) is 7.62. The van der Waals surface area contributed by atoms with E-state index in [1.54, 1.807) is 6.07 Å². The molecule has 232 valence electrons. The van der Waals surface area contributed by atoms with E-state index in [9.17, 15) is 14.0 Å². The molecule has 7 rings (SSSR count). The molecule has 3 aromatic rings. The van der Waals surface area contributed by atoms with Gasteiger partial charge in [0, 0.05) is 36.9 Å². The van der Waals surface area contributed by atoms with Gasteiger partial charge in [-0.15, -0.1) is 0 Å². The van der Waals surface area contributed by atoms with Gasteiger partial charge in [0.2, 0.25) is 11.8 Å². The minimum atomic E-state index is -1.18. The second-order valence-electron chi connectivity index (χ2n) is 12.7. The Morgan fingerprint density at radius 2 is 1.98 bits per heavy atom. The number of likely N-dealkylation sites (tertiary alicyclic amines) is 1. The van der Waals surface area contributed by atoms with Gasteiger partial charge >= 0.3 is 0 Å². The molecule has 1 spiro atoms. The number of hydrogen-bond acceptors (Lipinski definition) is 10. The normalized spacial score (nSPS) is 28.8. The summed E-state index contributed by atoms with van der Waals surface area (Å²) in [5.74, 6) is 1.37. The first-order valence-electron chi connectivity index (χ1n) is 15.5. The largest absolute Gasteiger partial charge is 0.473 e. The first kappa shape index (κ1) is 28.9. The fraction of sp³-hybridized carbons (Fsp3) is 0.562. The van der Waals surface area contributed by atoms with Crippen LogP contribution in [0.3, 0.4) is 0 Å². The lowest BCUT2D eigenvalue weighted by molar-refractivity contribution is 0.113. The number of alkyl halides is 2. The summed E-state index contributed by atoms with van der Waals surface area (Å²) in [7, 11) is 1.88. The van der Waals surface area contributed by atoms with E-state index in [1.807, 2.05) is 31.0 Å². The van der Waals surface area contributed by atoms with E-state index >= 15 is 0 Å². The molecule has 0 saturated carbocycles. The number of likely N-dealkylation sites (N-methyl/N-ethyl adjacent to an activating group) is 1. The SMILES string of the molecule is C[C@H](Oc1cc(O[C@@H]2CNC[C@@H]2F)nc(-c2noc3c2CCC[C@@]32CCCc3ccc(N)c(C#N)c32)n1)[C@@H]1C[C@@H](F)CN1C. The van der Waals surface area contributed by atoms with E-state index in [4.69, 9.17) is 24.7 Å². The minimum Gasteiger partial charge on any atom is -0.473 e. The zero-order chi connectivity index (χ0) is 30.6. The molecule has 0 radical (unpaired) electrons. The molecule has 0 amide bonds. The monoisotopic (exact) mass is 605 g/mol. The Kier molecular flexibility index (Phi) is 7.41. The van der Waals surface area contributed by atoms with Crippen LogP contribution < -0.4 is 20.5 Å². The zero-order valence-corrected chi connectivity index (χ0v) is 25.0. The van der Waals surface area contributed by atoms with Crippen molar-refractivity contribution in [1.82, 2.24) is 25.3 Å². The topological polar surface area (TPSA) is 135 Å². The number of halogens is 2. The van der Waals surface area contributed by atoms with Gasteiger partial charge in [-0.3, -0.25) is 4.90 Å². The van der Waals surface area contributed by atoms with Crippen LogP contribution in [-0.2, 0) is 18.3 Å². The molecule has 2 saturated heterocycles. The number of nitrogens with zero attached hydrogens (tertiary/aromatic N) is 5. The minimum absolute atomic E-state index is 0.130. The molecule has 0 unspecified atom stereocenters. The van der Waals surface area contributed by atoms with Gasteiger partial charge in [-0.1, -0.05) is 11.2 Å². The lowest BCUT2D eigenvalue weighted by atomic mass is 9.61. The van der Waals surface area contributed by atoms with Crippen molar-refractivity contribution in [1.29, 1.82) is 5.26 Å². The van der Waals surface area contributed by atoms with Crippen molar-refractivity contribution in [2.24, 2.45) is 0 Å². The number of nitriles is 1. The standard InChI is InChI=1S/C32H37F2N7O3/c1-17(24-11-19(33)16-41(24)2)42-26-12-27(43-25-15-37-14-22(25)34)39-31(38-26)29-20-6-4-10-32(30(20)44-40-29)9-3-5-18-7-8-23(36)21(13-35)28(18)32/h7-8,12,17,19,22,24-25,37H,3-6,9-11,14-16,36H2,1-2H3/t17-,19+,22-,24-,25+,32+/m0/s1. The molecule has 0 bridgehead atoms. The predicted octanol–water partition coefficient (Wildman–Crippen LogP) is 4.04. The van der Waals surface area contributed by atoms with Gasteiger partial charge in [-0.25, -0.2) is 8.78 Å². The number of nitrogens with one attached hydrogen (secondary N) is 1. The molecule has 1 aromatic carbocycles. The van der Waals surface area contributed by atoms with Gasteiger partial charge in [-0.2, -0.15) is 15.2 Å². The van der Waals surface area contributed by atoms with Gasteiger partial charge in [-0.05, 0) is 76.1 Å². The van der Waals surface area contributed by atoms with Crippen molar-refractivity contribution >= 4 is 5.69 Å². The second kappa shape index (κ2) is 11.3. The summed E-state index contributed by atoms with van der Waals surface area (Å²) in [6.45, 7) is 2.80. The molecular formula is C32H37F2N7O3. The average Bonchev–Trinajstić information content (AvgIpc) is 3.72. The molecule has 2 aliphatic heterocycles. The summed E-state index contributed by atoms with van der Waals surface area (Å²) >= 11 is 0. The van der Waals surface area contributed by atoms with Crippen LogP contribution in [-0.4, -0.2) is 77.3 Å². The molecule has 2 fully saturated rings. The molecule has 3 N–H and O–H groups in total. The third-order valence-electron chi connectivity index (χ3n) is 9.87. The number of nitrogen functional groups attached to an aromatic ring is 1. The van der Waals surface area contributed by atoms with Gasteiger partial charge in [0.15, 0.2) is 23.5 Å². The van der Waals surface area contributed by atoms with Gasteiger partial charge in [0.05, 0.1) is 17.0 Å². The van der Waals surface area contributed by atoms with Crippen molar-refractivity contribution < 1.29 is 22.8 Å². The molecule has 12 heteroatoms. The van der Waals surface area contributed by atoms with Crippen LogP contribution in [0.1, 0.15) is 67.0 Å². The maximum atomic E-state index is 14.5. The van der Waals surface area contributed by atoms with Gasteiger partial charge in [0.25, 0.3) is 0 Å². The summed E-state index contributed by atoms with van der Waals surface area (Å²) in [5, 5.41) is 17.6. The van der Waals surface area contributed by atoms with Crippen LogP contribution in [0, 0.1) is 11.3 Å². The highest BCUT2D eigenvalue weighted by atomic mass is 19.1. The van der Waals surface area contributed by atoms with E-state index < -0.39 is 23.9 Å². The van der Waals surface area contributed by atoms with Crippen LogP contribution in [0.25, 0.3) is 11.5 Å². The number of aryl methyl sites for hydroxylation is 1. The highest BCUT2D eigenvalue weighted by Gasteiger charge is 2.48. The number of hydrogen-bond donors (Lipinski definition) is 2. The van der Waals surface area contributed by atoms with Crippen molar-refractivity contribution in [3.05, 3.63) is 46.2 Å². The van der Waals surface area contributed by atoms with Crippen molar-refractivity contribution in [2.75, 3.05) is 32.4 Å². The molecular weight excluding hydrogens is 568 g/mol. The lowest BCUT2D eigenvalue weighted by Crippen LogP contribution is -2.38. The number of rotatable bonds is 6. The number of anilines is 1. The lowest BCUT2D eigenvalue weighted by Gasteiger charge is -2.41. The maximum Gasteiger partial charge on any atom is 0.221 e. The highest BCUT2D eigenvalue weighted by molar-refractivity contribution is 5.67. The number of fused-ring (bicyclic) bond motifs is 4. The van der Waals surface area contributed by atoms with Crippen LogP contribution in [0.15, 0.2) is 22.7 Å². The molecule has 44 heavy (non-hydrogen) atoms. The Morgan fingerprint density at radius 3 is 2.70 bits per heavy atom. The highest BCUT2D eigenvalue weighted by Crippen LogP contribution is 2.53. The Bertz CT molecular complexity index is 1610. The number of nitrogens with two attached hydrogens (primary N) is 1. The Labute approximate surface area is 254 Å². The van der Waals surface area contributed by atoms with Crippen LogP contribution >= 0.6 is 0 Å². The van der Waals surface area contributed by atoms with E-state index in [1.165, 1.54) is 0 Å².